The molecule has 0 amide bonds. The lowest BCUT2D eigenvalue weighted by molar-refractivity contribution is 0.484. The molecule has 0 aromatic carbocycles. The van der Waals surface area contributed by atoms with E-state index in [-0.39, 0.29) is 17.6 Å². The van der Waals surface area contributed by atoms with E-state index in [4.69, 9.17) is 4.42 Å². The zero-order chi connectivity index (χ0) is 15.8. The number of fused-ring (bicyclic) bond motifs is 1. The first kappa shape index (κ1) is 13.2. The van der Waals surface area contributed by atoms with Crippen molar-refractivity contribution in [1.82, 2.24) is 29.1 Å². The van der Waals surface area contributed by atoms with Crippen LogP contribution >= 0.6 is 0 Å². The van der Waals surface area contributed by atoms with Crippen molar-refractivity contribution in [2.24, 2.45) is 0 Å². The maximum absolute atomic E-state index is 12.5. The fraction of sp³-hybridized carbons (Fsp3) is 0.0714. The van der Waals surface area contributed by atoms with E-state index < -0.39 is 11.2 Å². The first-order chi connectivity index (χ1) is 11.2. The molecular weight excluding hydrogens is 300 g/mol. The first-order valence-corrected chi connectivity index (χ1v) is 6.73. The molecule has 0 saturated carbocycles. The predicted octanol–water partition coefficient (Wildman–Crippen LogP) is 0.307. The largest absolute Gasteiger partial charge is 0.467 e. The number of rotatable bonds is 3. The number of H-pyrrole nitrogens is 1. The number of hydrogen-bond acceptors (Lipinski definition) is 6. The lowest BCUT2D eigenvalue weighted by atomic mass is 10.4. The molecule has 4 rings (SSSR count). The fourth-order valence-electron chi connectivity index (χ4n) is 2.23. The second-order valence-corrected chi connectivity index (χ2v) is 4.80. The molecule has 0 spiro atoms. The van der Waals surface area contributed by atoms with E-state index in [0.29, 0.717) is 11.7 Å². The summed E-state index contributed by atoms with van der Waals surface area (Å²) >= 11 is 0. The van der Waals surface area contributed by atoms with Crippen molar-refractivity contribution in [3.8, 4) is 5.95 Å². The highest BCUT2D eigenvalue weighted by molar-refractivity contribution is 5.72. The van der Waals surface area contributed by atoms with E-state index >= 15 is 0 Å². The van der Waals surface area contributed by atoms with Gasteiger partial charge in [0.1, 0.15) is 17.5 Å². The average molecular weight is 310 g/mol. The third-order valence-electron chi connectivity index (χ3n) is 3.35. The fourth-order valence-corrected chi connectivity index (χ4v) is 2.23. The predicted molar refractivity (Wildman–Crippen MR) is 79.4 cm³/mol. The van der Waals surface area contributed by atoms with Crippen molar-refractivity contribution in [2.45, 2.75) is 6.54 Å². The third-order valence-corrected chi connectivity index (χ3v) is 3.35. The Balaban J connectivity index is 1.87. The Morgan fingerprint density at radius 3 is 2.96 bits per heavy atom. The zero-order valence-corrected chi connectivity index (χ0v) is 11.7. The first-order valence-electron chi connectivity index (χ1n) is 6.73. The van der Waals surface area contributed by atoms with E-state index in [1.807, 2.05) is 0 Å². The highest BCUT2D eigenvalue weighted by Crippen LogP contribution is 2.06. The van der Waals surface area contributed by atoms with Gasteiger partial charge in [-0.05, 0) is 12.1 Å². The monoisotopic (exact) mass is 310 g/mol. The average Bonchev–Trinajstić information content (AvgIpc) is 3.24. The van der Waals surface area contributed by atoms with Crippen molar-refractivity contribution >= 4 is 11.0 Å². The highest BCUT2D eigenvalue weighted by atomic mass is 16.3. The summed E-state index contributed by atoms with van der Waals surface area (Å²) in [4.78, 5) is 39.5. The van der Waals surface area contributed by atoms with Crippen molar-refractivity contribution in [3.63, 3.8) is 0 Å². The molecular formula is C14H10N6O3. The molecule has 0 bridgehead atoms. The van der Waals surface area contributed by atoms with Crippen LogP contribution in [0.15, 0.2) is 57.3 Å². The summed E-state index contributed by atoms with van der Waals surface area (Å²) in [5.74, 6) is 0.821. The molecule has 1 N–H and O–H groups in total. The Kier molecular flexibility index (Phi) is 2.90. The molecule has 0 unspecified atom stereocenters. The molecule has 0 atom stereocenters. The zero-order valence-electron chi connectivity index (χ0n) is 11.7. The van der Waals surface area contributed by atoms with E-state index in [1.165, 1.54) is 18.8 Å². The van der Waals surface area contributed by atoms with Gasteiger partial charge in [0.25, 0.3) is 5.56 Å². The Morgan fingerprint density at radius 1 is 1.30 bits per heavy atom. The number of hydrogen-bond donors (Lipinski definition) is 1. The minimum atomic E-state index is -0.561. The number of aromatic nitrogens is 6. The normalized spacial score (nSPS) is 11.1. The molecule has 0 saturated heterocycles. The van der Waals surface area contributed by atoms with Crippen LogP contribution in [0.25, 0.3) is 17.0 Å². The van der Waals surface area contributed by atoms with Crippen molar-refractivity contribution in [2.75, 3.05) is 0 Å². The second kappa shape index (κ2) is 5.05. The summed E-state index contributed by atoms with van der Waals surface area (Å²) in [7, 11) is 0. The highest BCUT2D eigenvalue weighted by Gasteiger charge is 2.12. The van der Waals surface area contributed by atoms with Gasteiger partial charge >= 0.3 is 5.69 Å². The molecule has 114 valence electrons. The summed E-state index contributed by atoms with van der Waals surface area (Å²) in [5, 5.41) is 0.222. The summed E-state index contributed by atoms with van der Waals surface area (Å²) in [6.45, 7) is 0.0420. The number of imidazole rings is 1. The number of aromatic amines is 1. The van der Waals surface area contributed by atoms with Gasteiger partial charge in [0.15, 0.2) is 5.65 Å². The molecule has 9 heteroatoms. The number of furan rings is 1. The third kappa shape index (κ3) is 2.24. The van der Waals surface area contributed by atoms with Crippen molar-refractivity contribution < 1.29 is 4.42 Å². The van der Waals surface area contributed by atoms with Gasteiger partial charge in [-0.3, -0.25) is 18.9 Å². The number of nitrogens with one attached hydrogen (secondary N) is 1. The van der Waals surface area contributed by atoms with E-state index in [2.05, 4.69) is 19.9 Å². The van der Waals surface area contributed by atoms with Gasteiger partial charge in [-0.25, -0.2) is 14.8 Å². The Morgan fingerprint density at radius 2 is 2.22 bits per heavy atom. The SMILES string of the molecule is O=c1[nH]c2nc(-n3ccnc3)ncc2c(=O)n1Cc1ccco1. The van der Waals surface area contributed by atoms with Crippen LogP contribution in [0.2, 0.25) is 0 Å². The van der Waals surface area contributed by atoms with Gasteiger partial charge in [-0.2, -0.15) is 4.98 Å². The van der Waals surface area contributed by atoms with Crippen molar-refractivity contribution in [1.29, 1.82) is 0 Å². The molecule has 0 aliphatic carbocycles. The van der Waals surface area contributed by atoms with Crippen LogP contribution in [-0.4, -0.2) is 29.1 Å². The standard InChI is InChI=1S/C14H10N6O3/c21-12-10-6-16-13(19-4-3-15-8-19)17-11(10)18-14(22)20(12)7-9-2-1-5-23-9/h1-6,8H,7H2,(H,16,17,18,22). The van der Waals surface area contributed by atoms with Gasteiger partial charge in [0.05, 0.1) is 12.8 Å². The van der Waals surface area contributed by atoms with Crippen LogP contribution in [0.4, 0.5) is 0 Å². The lowest BCUT2D eigenvalue weighted by Crippen LogP contribution is -2.35. The molecule has 4 heterocycles. The summed E-state index contributed by atoms with van der Waals surface area (Å²) in [6.07, 6.45) is 7.64. The molecule has 0 aliphatic heterocycles. The summed E-state index contributed by atoms with van der Waals surface area (Å²) < 4.78 is 7.79. The van der Waals surface area contributed by atoms with E-state index in [1.54, 1.807) is 29.1 Å². The Labute approximate surface area is 127 Å². The second-order valence-electron chi connectivity index (χ2n) is 4.80. The van der Waals surface area contributed by atoms with Gasteiger partial charge in [0, 0.05) is 18.6 Å². The summed E-state index contributed by atoms with van der Waals surface area (Å²) in [6, 6.07) is 3.38. The van der Waals surface area contributed by atoms with E-state index in [9.17, 15) is 9.59 Å². The topological polar surface area (TPSA) is 112 Å². The smallest absolute Gasteiger partial charge is 0.330 e. The van der Waals surface area contributed by atoms with Gasteiger partial charge in [0.2, 0.25) is 5.95 Å². The lowest BCUT2D eigenvalue weighted by Gasteiger charge is -2.05. The van der Waals surface area contributed by atoms with Crippen LogP contribution in [0.3, 0.4) is 0 Å². The molecule has 9 nitrogen and oxygen atoms in total. The van der Waals surface area contributed by atoms with Crippen LogP contribution in [0.1, 0.15) is 5.76 Å². The quantitative estimate of drug-likeness (QED) is 0.583. The molecule has 4 aromatic rings. The maximum atomic E-state index is 12.5. The molecule has 4 aromatic heterocycles. The summed E-state index contributed by atoms with van der Waals surface area (Å²) in [5.41, 5.74) is -0.860. The van der Waals surface area contributed by atoms with Gasteiger partial charge in [-0.15, -0.1) is 0 Å². The Bertz CT molecular complexity index is 1080. The molecule has 23 heavy (non-hydrogen) atoms. The van der Waals surface area contributed by atoms with E-state index in [0.717, 1.165) is 4.57 Å². The van der Waals surface area contributed by atoms with Crippen LogP contribution < -0.4 is 11.2 Å². The maximum Gasteiger partial charge on any atom is 0.330 e. The van der Waals surface area contributed by atoms with Crippen LogP contribution in [-0.2, 0) is 6.54 Å². The van der Waals surface area contributed by atoms with Crippen LogP contribution in [0.5, 0.6) is 0 Å². The minimum absolute atomic E-state index is 0.0420. The van der Waals surface area contributed by atoms with Gasteiger partial charge < -0.3 is 4.42 Å². The minimum Gasteiger partial charge on any atom is -0.467 e. The molecule has 0 fully saturated rings. The number of nitrogens with zero attached hydrogens (tertiary/aromatic N) is 5. The molecule has 0 aliphatic rings. The van der Waals surface area contributed by atoms with Crippen molar-refractivity contribution in [3.05, 3.63) is 69.9 Å². The molecule has 0 radical (unpaired) electrons. The van der Waals surface area contributed by atoms with Crippen LogP contribution in [0, 0.1) is 0 Å². The Hall–Kier alpha value is -3.49. The van der Waals surface area contributed by atoms with Gasteiger partial charge in [-0.1, -0.05) is 0 Å².